The van der Waals surface area contributed by atoms with E-state index in [-0.39, 0.29) is 16.7 Å². The number of benzene rings is 1. The van der Waals surface area contributed by atoms with Crippen molar-refractivity contribution < 1.29 is 27.5 Å². The molecule has 0 saturated heterocycles. The van der Waals surface area contributed by atoms with Crippen LogP contribution in [0.25, 0.3) is 11.0 Å². The number of aliphatic carboxylic acids is 1. The van der Waals surface area contributed by atoms with Crippen molar-refractivity contribution in [3.05, 3.63) is 35.6 Å². The summed E-state index contributed by atoms with van der Waals surface area (Å²) in [7, 11) is 0. The molecule has 0 aliphatic heterocycles. The van der Waals surface area contributed by atoms with Crippen LogP contribution in [0.3, 0.4) is 0 Å². The minimum atomic E-state index is -4.53. The van der Waals surface area contributed by atoms with Crippen molar-refractivity contribution in [3.8, 4) is 0 Å². The topological polar surface area (TPSA) is 76.5 Å². The summed E-state index contributed by atoms with van der Waals surface area (Å²) in [5, 5.41) is 8.49. The highest BCUT2D eigenvalue weighted by molar-refractivity contribution is 5.84. The lowest BCUT2D eigenvalue weighted by molar-refractivity contribution is -0.139. The maximum Gasteiger partial charge on any atom is 0.417 e. The molecule has 18 heavy (non-hydrogen) atoms. The first-order chi connectivity index (χ1) is 8.30. The van der Waals surface area contributed by atoms with Gasteiger partial charge in [0.15, 0.2) is 6.04 Å². The van der Waals surface area contributed by atoms with Gasteiger partial charge in [-0.15, -0.1) is 0 Å². The second kappa shape index (κ2) is 4.02. The summed E-state index contributed by atoms with van der Waals surface area (Å²) in [5.74, 6) is -1.59. The van der Waals surface area contributed by atoms with Crippen LogP contribution in [0.1, 0.15) is 17.4 Å². The SMILES string of the molecule is NC(C(=O)O)c1cc2c(C(F)(F)F)cccc2o1. The molecule has 0 bridgehead atoms. The van der Waals surface area contributed by atoms with Crippen molar-refractivity contribution in [1.29, 1.82) is 0 Å². The van der Waals surface area contributed by atoms with Gasteiger partial charge < -0.3 is 15.3 Å². The lowest BCUT2D eigenvalue weighted by Gasteiger charge is -2.06. The van der Waals surface area contributed by atoms with Gasteiger partial charge in [0.2, 0.25) is 0 Å². The maximum absolute atomic E-state index is 12.7. The Morgan fingerprint density at radius 3 is 2.61 bits per heavy atom. The molecule has 1 aromatic carbocycles. The largest absolute Gasteiger partial charge is 0.480 e. The van der Waals surface area contributed by atoms with Crippen molar-refractivity contribution in [2.75, 3.05) is 0 Å². The number of fused-ring (bicyclic) bond motifs is 1. The molecule has 1 unspecified atom stereocenters. The van der Waals surface area contributed by atoms with Gasteiger partial charge in [-0.1, -0.05) is 6.07 Å². The molecule has 0 fully saturated rings. The summed E-state index contributed by atoms with van der Waals surface area (Å²) >= 11 is 0. The van der Waals surface area contributed by atoms with Gasteiger partial charge in [0.05, 0.1) is 5.56 Å². The molecule has 0 radical (unpaired) electrons. The Balaban J connectivity index is 2.62. The van der Waals surface area contributed by atoms with Crippen molar-refractivity contribution in [3.63, 3.8) is 0 Å². The standard InChI is InChI=1S/C11H8F3NO3/c12-11(13,14)6-2-1-3-7-5(6)4-8(18-7)9(15)10(16)17/h1-4,9H,15H2,(H,16,17). The van der Waals surface area contributed by atoms with E-state index in [0.717, 1.165) is 12.1 Å². The number of hydrogen-bond donors (Lipinski definition) is 2. The summed E-state index contributed by atoms with van der Waals surface area (Å²) in [6.07, 6.45) is -4.53. The quantitative estimate of drug-likeness (QED) is 0.868. The Labute approximate surface area is 98.8 Å². The zero-order chi connectivity index (χ0) is 13.5. The van der Waals surface area contributed by atoms with E-state index in [1.54, 1.807) is 0 Å². The molecule has 0 aliphatic carbocycles. The number of carboxylic acids is 1. The second-order valence-electron chi connectivity index (χ2n) is 3.68. The molecule has 0 amide bonds. The third kappa shape index (κ3) is 2.04. The molecule has 3 N–H and O–H groups in total. The average Bonchev–Trinajstić information content (AvgIpc) is 2.69. The molecule has 1 atom stereocenters. The predicted molar refractivity (Wildman–Crippen MR) is 55.8 cm³/mol. The van der Waals surface area contributed by atoms with E-state index in [1.165, 1.54) is 12.1 Å². The van der Waals surface area contributed by atoms with Crippen LogP contribution in [-0.2, 0) is 11.0 Å². The van der Waals surface area contributed by atoms with Crippen molar-refractivity contribution >= 4 is 16.9 Å². The molecule has 1 aromatic heterocycles. The zero-order valence-electron chi connectivity index (χ0n) is 8.86. The lowest BCUT2D eigenvalue weighted by Crippen LogP contribution is -2.19. The van der Waals surface area contributed by atoms with Crippen LogP contribution >= 0.6 is 0 Å². The Hall–Kier alpha value is -2.02. The first-order valence-electron chi connectivity index (χ1n) is 4.88. The van der Waals surface area contributed by atoms with Gasteiger partial charge in [-0.2, -0.15) is 13.2 Å². The fourth-order valence-corrected chi connectivity index (χ4v) is 1.60. The fraction of sp³-hybridized carbons (Fsp3) is 0.182. The van der Waals surface area contributed by atoms with Gasteiger partial charge in [-0.3, -0.25) is 4.79 Å². The van der Waals surface area contributed by atoms with Gasteiger partial charge in [0.25, 0.3) is 0 Å². The molecule has 0 aliphatic rings. The predicted octanol–water partition coefficient (Wildman–Crippen LogP) is 2.54. The van der Waals surface area contributed by atoms with Crippen LogP contribution in [0.5, 0.6) is 0 Å². The summed E-state index contributed by atoms with van der Waals surface area (Å²) in [6, 6.07) is 2.93. The highest BCUT2D eigenvalue weighted by Gasteiger charge is 2.33. The molecule has 2 rings (SSSR count). The van der Waals surface area contributed by atoms with Crippen LogP contribution < -0.4 is 5.73 Å². The molecule has 7 heteroatoms. The minimum absolute atomic E-state index is 0.0449. The van der Waals surface area contributed by atoms with Gasteiger partial charge in [0.1, 0.15) is 11.3 Å². The number of rotatable bonds is 2. The van der Waals surface area contributed by atoms with E-state index in [0.29, 0.717) is 0 Å². The van der Waals surface area contributed by atoms with Gasteiger partial charge >= 0.3 is 12.1 Å². The minimum Gasteiger partial charge on any atom is -0.480 e. The summed E-state index contributed by atoms with van der Waals surface area (Å²) in [5.41, 5.74) is 4.36. The van der Waals surface area contributed by atoms with E-state index in [2.05, 4.69) is 0 Å². The number of halogens is 3. The smallest absolute Gasteiger partial charge is 0.417 e. The van der Waals surface area contributed by atoms with E-state index in [9.17, 15) is 18.0 Å². The Morgan fingerprint density at radius 2 is 2.06 bits per heavy atom. The number of hydrogen-bond acceptors (Lipinski definition) is 3. The Kier molecular flexibility index (Phi) is 2.78. The van der Waals surface area contributed by atoms with E-state index >= 15 is 0 Å². The van der Waals surface area contributed by atoms with Crippen molar-refractivity contribution in [1.82, 2.24) is 0 Å². The van der Waals surface area contributed by atoms with Crippen LogP contribution in [0.2, 0.25) is 0 Å². The second-order valence-corrected chi connectivity index (χ2v) is 3.68. The van der Waals surface area contributed by atoms with Crippen LogP contribution in [-0.4, -0.2) is 11.1 Å². The number of furan rings is 1. The normalized spacial score (nSPS) is 13.8. The van der Waals surface area contributed by atoms with Crippen LogP contribution in [0, 0.1) is 0 Å². The monoisotopic (exact) mass is 259 g/mol. The average molecular weight is 259 g/mol. The van der Waals surface area contributed by atoms with Crippen molar-refractivity contribution in [2.24, 2.45) is 5.73 Å². The molecule has 96 valence electrons. The van der Waals surface area contributed by atoms with E-state index in [1.807, 2.05) is 0 Å². The van der Waals surface area contributed by atoms with Gasteiger partial charge in [-0.25, -0.2) is 0 Å². The molecular weight excluding hydrogens is 251 g/mol. The van der Waals surface area contributed by atoms with Gasteiger partial charge in [-0.05, 0) is 18.2 Å². The summed E-state index contributed by atoms with van der Waals surface area (Å²) < 4.78 is 43.1. The van der Waals surface area contributed by atoms with E-state index in [4.69, 9.17) is 15.3 Å². The van der Waals surface area contributed by atoms with Crippen LogP contribution in [0.4, 0.5) is 13.2 Å². The van der Waals surface area contributed by atoms with Gasteiger partial charge in [0, 0.05) is 5.39 Å². The van der Waals surface area contributed by atoms with Crippen LogP contribution in [0.15, 0.2) is 28.7 Å². The maximum atomic E-state index is 12.7. The number of carboxylic acid groups (broad SMARTS) is 1. The third-order valence-electron chi connectivity index (χ3n) is 2.46. The first kappa shape index (κ1) is 12.4. The third-order valence-corrected chi connectivity index (χ3v) is 2.46. The molecule has 4 nitrogen and oxygen atoms in total. The number of carbonyl (C=O) groups is 1. The fourth-order valence-electron chi connectivity index (χ4n) is 1.60. The highest BCUT2D eigenvalue weighted by atomic mass is 19.4. The Bertz CT molecular complexity index is 603. The lowest BCUT2D eigenvalue weighted by atomic mass is 10.1. The Morgan fingerprint density at radius 1 is 1.39 bits per heavy atom. The number of alkyl halides is 3. The summed E-state index contributed by atoms with van der Waals surface area (Å²) in [6.45, 7) is 0. The summed E-state index contributed by atoms with van der Waals surface area (Å²) in [4.78, 5) is 10.7. The molecular formula is C11H8F3NO3. The molecule has 1 heterocycles. The molecule has 2 aromatic rings. The van der Waals surface area contributed by atoms with E-state index < -0.39 is 23.8 Å². The molecule has 0 spiro atoms. The number of nitrogens with two attached hydrogens (primary N) is 1. The van der Waals surface area contributed by atoms with Crippen molar-refractivity contribution in [2.45, 2.75) is 12.2 Å². The zero-order valence-corrected chi connectivity index (χ0v) is 8.86. The highest BCUT2D eigenvalue weighted by Crippen LogP contribution is 2.36. The molecule has 0 saturated carbocycles. The first-order valence-corrected chi connectivity index (χ1v) is 4.88.